The van der Waals surface area contributed by atoms with Gasteiger partial charge in [0.05, 0.1) is 108 Å². The summed E-state index contributed by atoms with van der Waals surface area (Å²) in [6.45, 7) is 34.3. The standard InChI is InChI=1S/2C37H67NO13.C6H10O4/c2*1-14-25-37(10,45)30(41)20(4)27(39)18(2)16-35(8,44)32(51-34-28(40)24(38(11)12)15-19(3)47-34)21(5)29(22(6)33(43)49-25)50-26-17-36(9,46-13)31(42)23(7)48-26;1-2-4(6(9)10)3-5(7)8/h2*18-26,28-32,34,40-42,44-45H,14-17H2,1-13H3;4H,2-3H2,1H3,(H,7,8)(H,9,10)/t2*18-,19-,20+,21+,22-,23+,24+,25-,26+,28-,29+,30-,31+,32-,34+,35-,36-,37-;/m11./s1. The molecule has 0 spiro atoms. The van der Waals surface area contributed by atoms with Gasteiger partial charge in [-0.1, -0.05) is 62.3 Å². The van der Waals surface area contributed by atoms with Crippen molar-refractivity contribution in [3.8, 4) is 0 Å². The van der Waals surface area contributed by atoms with Gasteiger partial charge in [-0.3, -0.25) is 28.8 Å². The van der Waals surface area contributed by atoms with Crippen molar-refractivity contribution in [3.63, 3.8) is 0 Å². The summed E-state index contributed by atoms with van der Waals surface area (Å²) in [5.41, 5.74) is -9.68. The number of hydrogen-bond donors (Lipinski definition) is 12. The van der Waals surface area contributed by atoms with Gasteiger partial charge in [0.1, 0.15) is 59.4 Å². The van der Waals surface area contributed by atoms with E-state index >= 15 is 0 Å². The van der Waals surface area contributed by atoms with Crippen LogP contribution < -0.4 is 0 Å². The number of carboxylic acid groups (broad SMARTS) is 2. The van der Waals surface area contributed by atoms with E-state index in [9.17, 15) is 79.8 Å². The number of hydrogen-bond acceptors (Lipinski definition) is 30. The van der Waals surface area contributed by atoms with E-state index in [1.165, 1.54) is 55.8 Å². The lowest BCUT2D eigenvalue weighted by molar-refractivity contribution is -0.318. The molecular weight excluding hydrogens is 1470 g/mol. The fraction of sp³-hybridized carbons (Fsp3) is 0.925. The Labute approximate surface area is 663 Å². The summed E-state index contributed by atoms with van der Waals surface area (Å²) in [5, 5.41) is 132. The zero-order valence-electron chi connectivity index (χ0n) is 71.6. The van der Waals surface area contributed by atoms with Crippen LogP contribution in [0.4, 0.5) is 0 Å². The van der Waals surface area contributed by atoms with Crippen LogP contribution >= 0.6 is 0 Å². The van der Waals surface area contributed by atoms with Crippen LogP contribution in [0, 0.1) is 53.3 Å². The van der Waals surface area contributed by atoms with Crippen LogP contribution in [0.1, 0.15) is 210 Å². The van der Waals surface area contributed by atoms with Crippen molar-refractivity contribution in [3.05, 3.63) is 0 Å². The normalized spacial score (nSPS) is 46.4. The van der Waals surface area contributed by atoms with Gasteiger partial charge in [-0.2, -0.15) is 0 Å². The molecule has 6 heterocycles. The maximum Gasteiger partial charge on any atom is 0.311 e. The van der Waals surface area contributed by atoms with E-state index in [2.05, 4.69) is 0 Å². The average Bonchev–Trinajstić information content (AvgIpc) is 0.799. The minimum atomic E-state index is -1.99. The van der Waals surface area contributed by atoms with Crippen molar-refractivity contribution in [2.24, 2.45) is 53.3 Å². The zero-order chi connectivity index (χ0) is 86.1. The van der Waals surface area contributed by atoms with Crippen molar-refractivity contribution in [1.29, 1.82) is 0 Å². The Bertz CT molecular complexity index is 2820. The molecule has 0 aromatic carbocycles. The Balaban J connectivity index is 0.000000420. The number of aliphatic carboxylic acids is 2. The third kappa shape index (κ3) is 24.3. The molecule has 0 aromatic heterocycles. The van der Waals surface area contributed by atoms with Crippen molar-refractivity contribution >= 4 is 35.4 Å². The van der Waals surface area contributed by atoms with Gasteiger partial charge in [0.25, 0.3) is 0 Å². The van der Waals surface area contributed by atoms with E-state index in [1.807, 2.05) is 51.8 Å². The van der Waals surface area contributed by atoms with Crippen molar-refractivity contribution in [2.75, 3.05) is 42.4 Å². The molecule has 1 unspecified atom stereocenters. The van der Waals surface area contributed by atoms with Crippen LogP contribution in [-0.4, -0.2) is 317 Å². The summed E-state index contributed by atoms with van der Waals surface area (Å²) >= 11 is 0. The number of cyclic esters (lactones) is 2. The second-order valence-corrected chi connectivity index (χ2v) is 35.0. The average molecular weight is 1610 g/mol. The molecule has 6 fully saturated rings. The molecule has 6 aliphatic rings. The summed E-state index contributed by atoms with van der Waals surface area (Å²) in [7, 11) is 10.4. The minimum absolute atomic E-state index is 0.0936. The fourth-order valence-electron chi connectivity index (χ4n) is 17.4. The van der Waals surface area contributed by atoms with Gasteiger partial charge >= 0.3 is 23.9 Å². The summed E-state index contributed by atoms with van der Waals surface area (Å²) in [6, 6.07) is -0.648. The lowest BCUT2D eigenvalue weighted by atomic mass is 9.74. The molecule has 0 aromatic rings. The number of aliphatic hydroxyl groups is 10. The first-order valence-corrected chi connectivity index (χ1v) is 40.0. The molecular formula is C80H144N2O30. The van der Waals surface area contributed by atoms with Crippen LogP contribution in [0.25, 0.3) is 0 Å². The number of esters is 2. The monoisotopic (exact) mass is 1610 g/mol. The molecule has 0 saturated carbocycles. The highest BCUT2D eigenvalue weighted by Gasteiger charge is 2.57. The van der Waals surface area contributed by atoms with E-state index in [0.29, 0.717) is 19.3 Å². The molecule has 32 heteroatoms. The van der Waals surface area contributed by atoms with Gasteiger partial charge in [0.15, 0.2) is 25.2 Å². The zero-order valence-corrected chi connectivity index (χ0v) is 71.6. The predicted octanol–water partition coefficient (Wildman–Crippen LogP) is 4.14. The van der Waals surface area contributed by atoms with E-state index in [4.69, 9.17) is 67.1 Å². The highest BCUT2D eigenvalue weighted by atomic mass is 16.7. The number of aliphatic hydroxyl groups excluding tert-OH is 6. The maximum atomic E-state index is 14.1. The van der Waals surface area contributed by atoms with Gasteiger partial charge < -0.3 is 128 Å². The lowest BCUT2D eigenvalue weighted by Crippen LogP contribution is -2.61. The lowest BCUT2D eigenvalue weighted by Gasteiger charge is -2.49. The van der Waals surface area contributed by atoms with Gasteiger partial charge in [-0.25, -0.2) is 0 Å². The molecule has 32 nitrogen and oxygen atoms in total. The number of ether oxygens (including phenoxy) is 12. The molecule has 6 rings (SSSR count). The highest BCUT2D eigenvalue weighted by molar-refractivity contribution is 5.84. The number of carbonyl (C=O) groups excluding carboxylic acids is 4. The molecule has 112 heavy (non-hydrogen) atoms. The molecule has 6 saturated heterocycles. The number of carbonyl (C=O) groups is 6. The number of carboxylic acids is 2. The molecule has 0 amide bonds. The molecule has 0 bridgehead atoms. The first-order chi connectivity index (χ1) is 51.4. The van der Waals surface area contributed by atoms with Crippen molar-refractivity contribution in [2.45, 2.75) is 378 Å². The van der Waals surface area contributed by atoms with Crippen LogP contribution in [0.3, 0.4) is 0 Å². The fourth-order valence-corrected chi connectivity index (χ4v) is 17.4. The number of ketones is 2. The Morgan fingerprint density at radius 1 is 0.482 bits per heavy atom. The predicted molar refractivity (Wildman–Crippen MR) is 406 cm³/mol. The first kappa shape index (κ1) is 101. The second-order valence-electron chi connectivity index (χ2n) is 35.0. The third-order valence-electron chi connectivity index (χ3n) is 24.9. The Kier molecular flexibility index (Phi) is 37.2. The van der Waals surface area contributed by atoms with E-state index in [1.54, 1.807) is 90.0 Å². The third-order valence-corrected chi connectivity index (χ3v) is 24.9. The van der Waals surface area contributed by atoms with E-state index in [0.717, 1.165) is 0 Å². The quantitative estimate of drug-likeness (QED) is 0.0858. The van der Waals surface area contributed by atoms with Crippen LogP contribution in [0.15, 0.2) is 0 Å². The Morgan fingerprint density at radius 3 is 1.06 bits per heavy atom. The van der Waals surface area contributed by atoms with Crippen molar-refractivity contribution in [1.82, 2.24) is 9.80 Å². The molecule has 37 atom stereocenters. The Morgan fingerprint density at radius 2 is 0.804 bits per heavy atom. The summed E-state index contributed by atoms with van der Waals surface area (Å²) in [5.74, 6) is -12.8. The highest BCUT2D eigenvalue weighted by Crippen LogP contribution is 2.45. The number of likely N-dealkylation sites (N-methyl/N-ethyl adjacent to an activating group) is 2. The van der Waals surface area contributed by atoms with Crippen LogP contribution in [0.5, 0.6) is 0 Å². The molecule has 12 N–H and O–H groups in total. The summed E-state index contributed by atoms with van der Waals surface area (Å²) in [4.78, 5) is 79.7. The topological polar surface area (TPSA) is 462 Å². The summed E-state index contributed by atoms with van der Waals surface area (Å²) in [6.07, 6.45) is -19.3. The molecule has 6 aliphatic heterocycles. The molecule has 0 aliphatic carbocycles. The second kappa shape index (κ2) is 41.3. The van der Waals surface area contributed by atoms with Gasteiger partial charge in [-0.15, -0.1) is 0 Å². The maximum absolute atomic E-state index is 14.1. The number of rotatable bonds is 18. The smallest absolute Gasteiger partial charge is 0.311 e. The molecule has 654 valence electrons. The minimum Gasteiger partial charge on any atom is -0.481 e. The Hall–Kier alpha value is -3.66. The SMILES string of the molecule is CCC(CC(=O)O)C(=O)O.CC[C@H]1OC(=O)[C@H](C)[C@@H](O[C@H]2C[C@@](C)(OC)[C@@H](O)[C@H](C)O2)[C@H](C)[C@@H](O[C@@H]2O[C@H](C)C[C@H](N(C)C)[C@H]2O)[C@](C)(O)C[C@@H](C)C(=O)[C@H](C)[C@@H](O)[C@]1(C)O.CC[C@H]1OC(=O)[C@H](C)[C@@H](O[C@H]2C[C@@](C)(OC)[C@@H](O)[C@H](C)O2)[C@H](C)[C@@H](O[C@@H]2O[C@H](C)C[C@H](N(C)C)[C@H]2O)[C@](C)(O)C[C@@H](C)C(=O)[C@H](C)[C@@H](O)[C@]1(C)O. The number of Topliss-reactive ketones (excluding diaryl/α,β-unsaturated/α-hetero) is 2. The number of methoxy groups -OCH3 is 2. The van der Waals surface area contributed by atoms with Crippen LogP contribution in [0.2, 0.25) is 0 Å². The van der Waals surface area contributed by atoms with Crippen LogP contribution in [-0.2, 0) is 85.6 Å². The van der Waals surface area contributed by atoms with Crippen molar-refractivity contribution < 1.29 is 147 Å². The summed E-state index contributed by atoms with van der Waals surface area (Å²) < 4.78 is 74.1. The van der Waals surface area contributed by atoms with Gasteiger partial charge in [0.2, 0.25) is 0 Å². The number of nitrogens with zero attached hydrogens (tertiary/aromatic N) is 2. The van der Waals surface area contributed by atoms with Gasteiger partial charge in [-0.05, 0) is 156 Å². The van der Waals surface area contributed by atoms with E-state index < -0.39 is 233 Å². The molecule has 0 radical (unpaired) electrons. The largest absolute Gasteiger partial charge is 0.481 e. The van der Waals surface area contributed by atoms with Gasteiger partial charge in [0, 0.05) is 74.7 Å². The first-order valence-electron chi connectivity index (χ1n) is 40.0. The van der Waals surface area contributed by atoms with E-state index in [-0.39, 0.29) is 69.2 Å².